The average Bonchev–Trinajstić information content (AvgIpc) is 2.72. The predicted octanol–water partition coefficient (Wildman–Crippen LogP) is 3.67. The largest absolute Gasteiger partial charge is 0.493 e. The maximum Gasteiger partial charge on any atom is 0.191 e. The van der Waals surface area contributed by atoms with E-state index >= 15 is 0 Å². The van der Waals surface area contributed by atoms with E-state index in [4.69, 9.17) is 14.2 Å². The molecule has 0 unspecified atom stereocenters. The molecule has 2 N–H and O–H groups in total. The SMILES string of the molecule is CCCOc1cc(C)ccc1CNC(=NC)NCc1cccc(OC)c1OC. The van der Waals surface area contributed by atoms with Crippen molar-refractivity contribution in [2.24, 2.45) is 4.99 Å². The van der Waals surface area contributed by atoms with Gasteiger partial charge in [-0.2, -0.15) is 0 Å². The van der Waals surface area contributed by atoms with E-state index in [1.54, 1.807) is 21.3 Å². The molecule has 0 atom stereocenters. The molecular weight excluding hydrogens is 354 g/mol. The van der Waals surface area contributed by atoms with Crippen LogP contribution >= 0.6 is 0 Å². The van der Waals surface area contributed by atoms with Crippen molar-refractivity contribution in [3.63, 3.8) is 0 Å². The smallest absolute Gasteiger partial charge is 0.191 e. The second-order valence-electron chi connectivity index (χ2n) is 6.39. The number of nitrogens with one attached hydrogen (secondary N) is 2. The lowest BCUT2D eigenvalue weighted by molar-refractivity contribution is 0.313. The third-order valence-corrected chi connectivity index (χ3v) is 4.29. The zero-order chi connectivity index (χ0) is 20.4. The van der Waals surface area contributed by atoms with Crippen molar-refractivity contribution < 1.29 is 14.2 Å². The Labute approximate surface area is 167 Å². The molecule has 0 radical (unpaired) electrons. The molecule has 0 aliphatic rings. The molecule has 6 nitrogen and oxygen atoms in total. The molecule has 0 fully saturated rings. The zero-order valence-corrected chi connectivity index (χ0v) is 17.5. The van der Waals surface area contributed by atoms with Crippen LogP contribution in [0.2, 0.25) is 0 Å². The Morgan fingerprint density at radius 1 is 0.964 bits per heavy atom. The molecule has 0 bridgehead atoms. The number of hydrogen-bond acceptors (Lipinski definition) is 4. The first-order chi connectivity index (χ1) is 13.6. The van der Waals surface area contributed by atoms with Crippen molar-refractivity contribution >= 4 is 5.96 Å². The maximum absolute atomic E-state index is 5.89. The highest BCUT2D eigenvalue weighted by Crippen LogP contribution is 2.30. The maximum atomic E-state index is 5.89. The van der Waals surface area contributed by atoms with E-state index < -0.39 is 0 Å². The van der Waals surface area contributed by atoms with Crippen LogP contribution in [-0.2, 0) is 13.1 Å². The van der Waals surface area contributed by atoms with Crippen LogP contribution in [0, 0.1) is 6.92 Å². The van der Waals surface area contributed by atoms with Crippen LogP contribution in [0.1, 0.15) is 30.0 Å². The summed E-state index contributed by atoms with van der Waals surface area (Å²) in [5, 5.41) is 6.66. The van der Waals surface area contributed by atoms with Gasteiger partial charge in [0.1, 0.15) is 5.75 Å². The number of guanidine groups is 1. The number of para-hydroxylation sites is 1. The number of aliphatic imine (C=N–C) groups is 1. The zero-order valence-electron chi connectivity index (χ0n) is 17.5. The number of rotatable bonds is 9. The van der Waals surface area contributed by atoms with Gasteiger partial charge in [0.25, 0.3) is 0 Å². The van der Waals surface area contributed by atoms with Gasteiger partial charge in [0, 0.05) is 31.3 Å². The van der Waals surface area contributed by atoms with E-state index in [-0.39, 0.29) is 0 Å². The Hall–Kier alpha value is -2.89. The van der Waals surface area contributed by atoms with Crippen LogP contribution in [0.15, 0.2) is 41.4 Å². The van der Waals surface area contributed by atoms with Crippen LogP contribution in [0.3, 0.4) is 0 Å². The number of aryl methyl sites for hydroxylation is 1. The second kappa shape index (κ2) is 11.1. The molecule has 0 aliphatic heterocycles. The van der Waals surface area contributed by atoms with Crippen molar-refractivity contribution in [3.8, 4) is 17.2 Å². The summed E-state index contributed by atoms with van der Waals surface area (Å²) in [5.74, 6) is 3.05. The first kappa shape index (κ1) is 21.4. The third-order valence-electron chi connectivity index (χ3n) is 4.29. The Kier molecular flexibility index (Phi) is 8.46. The molecule has 0 spiro atoms. The highest BCUT2D eigenvalue weighted by molar-refractivity contribution is 5.79. The summed E-state index contributed by atoms with van der Waals surface area (Å²) in [7, 11) is 5.03. The molecule has 6 heteroatoms. The Balaban J connectivity index is 2.01. The fourth-order valence-electron chi connectivity index (χ4n) is 2.83. The fourth-order valence-corrected chi connectivity index (χ4v) is 2.83. The second-order valence-corrected chi connectivity index (χ2v) is 6.39. The third kappa shape index (κ3) is 5.81. The Morgan fingerprint density at radius 3 is 2.36 bits per heavy atom. The van der Waals surface area contributed by atoms with E-state index in [0.717, 1.165) is 29.0 Å². The van der Waals surface area contributed by atoms with Gasteiger partial charge in [-0.1, -0.05) is 31.2 Å². The highest BCUT2D eigenvalue weighted by atomic mass is 16.5. The quantitative estimate of drug-likeness (QED) is 0.509. The summed E-state index contributed by atoms with van der Waals surface area (Å²) in [5.41, 5.74) is 3.27. The molecule has 2 aromatic carbocycles. The van der Waals surface area contributed by atoms with Crippen molar-refractivity contribution in [2.45, 2.75) is 33.4 Å². The Bertz CT molecular complexity index is 791. The molecule has 0 amide bonds. The van der Waals surface area contributed by atoms with E-state index in [9.17, 15) is 0 Å². The van der Waals surface area contributed by atoms with Gasteiger partial charge in [-0.25, -0.2) is 0 Å². The molecule has 2 rings (SSSR count). The molecule has 0 aliphatic carbocycles. The summed E-state index contributed by atoms with van der Waals surface area (Å²) >= 11 is 0. The molecular formula is C22H31N3O3. The van der Waals surface area contributed by atoms with E-state index in [2.05, 4.69) is 47.7 Å². The fraction of sp³-hybridized carbons (Fsp3) is 0.409. The lowest BCUT2D eigenvalue weighted by atomic mass is 10.1. The van der Waals surface area contributed by atoms with Crippen LogP contribution in [0.5, 0.6) is 17.2 Å². The molecule has 0 heterocycles. The van der Waals surface area contributed by atoms with Crippen molar-refractivity contribution in [1.29, 1.82) is 0 Å². The van der Waals surface area contributed by atoms with Crippen LogP contribution in [0.4, 0.5) is 0 Å². The van der Waals surface area contributed by atoms with Crippen LogP contribution in [0.25, 0.3) is 0 Å². The van der Waals surface area contributed by atoms with Gasteiger partial charge < -0.3 is 24.8 Å². The average molecular weight is 386 g/mol. The molecule has 0 saturated heterocycles. The van der Waals surface area contributed by atoms with Crippen molar-refractivity contribution in [2.75, 3.05) is 27.9 Å². The normalized spacial score (nSPS) is 11.1. The topological polar surface area (TPSA) is 64.1 Å². The lowest BCUT2D eigenvalue weighted by Crippen LogP contribution is -2.36. The summed E-state index contributed by atoms with van der Waals surface area (Å²) in [6.07, 6.45) is 0.979. The number of hydrogen-bond donors (Lipinski definition) is 2. The molecule has 28 heavy (non-hydrogen) atoms. The standard InChI is InChI=1S/C22H31N3O3/c1-6-12-28-20-13-16(2)10-11-17(20)14-24-22(23-3)25-15-18-8-7-9-19(26-4)21(18)27-5/h7-11,13H,6,12,14-15H2,1-5H3,(H2,23,24,25). The molecule has 0 saturated carbocycles. The highest BCUT2D eigenvalue weighted by Gasteiger charge is 2.10. The van der Waals surface area contributed by atoms with Gasteiger partial charge in [0.05, 0.1) is 20.8 Å². The van der Waals surface area contributed by atoms with E-state index in [1.807, 2.05) is 18.2 Å². The minimum atomic E-state index is 0.563. The minimum Gasteiger partial charge on any atom is -0.493 e. The lowest BCUT2D eigenvalue weighted by Gasteiger charge is -2.17. The molecule has 0 aromatic heterocycles. The monoisotopic (exact) mass is 385 g/mol. The minimum absolute atomic E-state index is 0.563. The summed E-state index contributed by atoms with van der Waals surface area (Å²) in [6, 6.07) is 12.1. The summed E-state index contributed by atoms with van der Waals surface area (Å²) < 4.78 is 16.7. The van der Waals surface area contributed by atoms with Gasteiger partial charge in [-0.05, 0) is 31.0 Å². The van der Waals surface area contributed by atoms with Crippen molar-refractivity contribution in [3.05, 3.63) is 53.1 Å². The number of benzene rings is 2. The Morgan fingerprint density at radius 2 is 1.71 bits per heavy atom. The van der Waals surface area contributed by atoms with Gasteiger partial charge in [-0.3, -0.25) is 4.99 Å². The summed E-state index contributed by atoms with van der Waals surface area (Å²) in [6.45, 7) is 6.06. The van der Waals surface area contributed by atoms with E-state index in [0.29, 0.717) is 31.4 Å². The first-order valence-corrected chi connectivity index (χ1v) is 9.49. The van der Waals surface area contributed by atoms with E-state index in [1.165, 1.54) is 5.56 Å². The van der Waals surface area contributed by atoms with Gasteiger partial charge >= 0.3 is 0 Å². The van der Waals surface area contributed by atoms with Gasteiger partial charge in [0.2, 0.25) is 0 Å². The van der Waals surface area contributed by atoms with Gasteiger partial charge in [-0.15, -0.1) is 0 Å². The molecule has 2 aromatic rings. The van der Waals surface area contributed by atoms with Gasteiger partial charge in [0.15, 0.2) is 17.5 Å². The van der Waals surface area contributed by atoms with Crippen LogP contribution < -0.4 is 24.8 Å². The first-order valence-electron chi connectivity index (χ1n) is 9.49. The number of ether oxygens (including phenoxy) is 3. The number of nitrogens with zero attached hydrogens (tertiary/aromatic N) is 1. The number of methoxy groups -OCH3 is 2. The summed E-state index contributed by atoms with van der Waals surface area (Å²) in [4.78, 5) is 4.31. The predicted molar refractivity (Wildman–Crippen MR) is 114 cm³/mol. The van der Waals surface area contributed by atoms with Crippen LogP contribution in [-0.4, -0.2) is 33.8 Å². The van der Waals surface area contributed by atoms with Crippen molar-refractivity contribution in [1.82, 2.24) is 10.6 Å². The molecule has 152 valence electrons.